The number of anilines is 2. The van der Waals surface area contributed by atoms with Crippen molar-refractivity contribution in [3.8, 4) is 0 Å². The third kappa shape index (κ3) is 5.79. The molecule has 1 saturated carbocycles. The van der Waals surface area contributed by atoms with Crippen molar-refractivity contribution in [2.75, 3.05) is 10.6 Å². The normalized spacial score (nSPS) is 22.4. The highest BCUT2D eigenvalue weighted by atomic mass is 16.6. The molecule has 0 bridgehead atoms. The number of non-ortho nitro benzene ring substituents is 1. The number of nitro groups is 1. The van der Waals surface area contributed by atoms with E-state index in [1.807, 2.05) is 38.1 Å². The molecule has 1 aliphatic rings. The van der Waals surface area contributed by atoms with Gasteiger partial charge >= 0.3 is 0 Å². The second-order valence-electron chi connectivity index (χ2n) is 10.3. The molecule has 0 saturated heterocycles. The van der Waals surface area contributed by atoms with Crippen molar-refractivity contribution < 1.29 is 24.4 Å². The number of aliphatic hydroxyl groups is 1. The average molecular weight is 544 g/mol. The molecule has 2 amide bonds. The molecule has 0 radical (unpaired) electrons. The van der Waals surface area contributed by atoms with Crippen LogP contribution >= 0.6 is 0 Å². The Kier molecular flexibility index (Phi) is 8.44. The van der Waals surface area contributed by atoms with Gasteiger partial charge in [-0.15, -0.1) is 0 Å². The largest absolute Gasteiger partial charge is 0.389 e. The molecular weight excluding hydrogens is 510 g/mol. The van der Waals surface area contributed by atoms with Crippen LogP contribution in [0.4, 0.5) is 17.1 Å². The maximum atomic E-state index is 13.9. The van der Waals surface area contributed by atoms with Crippen molar-refractivity contribution >= 4 is 34.7 Å². The Morgan fingerprint density at radius 1 is 0.900 bits per heavy atom. The molecular formula is C31H33N3O6. The smallest absolute Gasteiger partial charge is 0.269 e. The first-order chi connectivity index (χ1) is 19.1. The quantitative estimate of drug-likeness (QED) is 0.207. The third-order valence-electron chi connectivity index (χ3n) is 7.63. The van der Waals surface area contributed by atoms with Gasteiger partial charge in [0.15, 0.2) is 0 Å². The second kappa shape index (κ2) is 11.8. The van der Waals surface area contributed by atoms with Gasteiger partial charge in [0, 0.05) is 35.8 Å². The Morgan fingerprint density at radius 3 is 1.90 bits per heavy atom. The van der Waals surface area contributed by atoms with E-state index >= 15 is 0 Å². The van der Waals surface area contributed by atoms with Gasteiger partial charge in [0.25, 0.3) is 5.69 Å². The zero-order valence-electron chi connectivity index (χ0n) is 22.7. The molecule has 4 rings (SSSR count). The van der Waals surface area contributed by atoms with Crippen LogP contribution in [-0.4, -0.2) is 33.2 Å². The fourth-order valence-corrected chi connectivity index (χ4v) is 5.63. The summed E-state index contributed by atoms with van der Waals surface area (Å²) in [4.78, 5) is 52.0. The summed E-state index contributed by atoms with van der Waals surface area (Å²) in [6.45, 7) is 5.32. The van der Waals surface area contributed by atoms with Crippen LogP contribution in [0.2, 0.25) is 0 Å². The van der Waals surface area contributed by atoms with E-state index in [-0.39, 0.29) is 5.69 Å². The van der Waals surface area contributed by atoms with Crippen LogP contribution in [0.5, 0.6) is 0 Å². The predicted molar refractivity (Wildman–Crippen MR) is 152 cm³/mol. The van der Waals surface area contributed by atoms with Gasteiger partial charge < -0.3 is 15.7 Å². The monoisotopic (exact) mass is 543 g/mol. The summed E-state index contributed by atoms with van der Waals surface area (Å²) in [5, 5.41) is 28.6. The van der Waals surface area contributed by atoms with Crippen molar-refractivity contribution in [3.63, 3.8) is 0 Å². The van der Waals surface area contributed by atoms with E-state index in [2.05, 4.69) is 10.6 Å². The molecule has 1 aliphatic carbocycles. The van der Waals surface area contributed by atoms with E-state index in [4.69, 9.17) is 0 Å². The number of aryl methyl sites for hydroxylation is 2. The number of para-hydroxylation sites is 2. The van der Waals surface area contributed by atoms with Gasteiger partial charge in [0.05, 0.1) is 16.4 Å². The number of amides is 2. The summed E-state index contributed by atoms with van der Waals surface area (Å²) in [5.41, 5.74) is 1.30. The van der Waals surface area contributed by atoms with Crippen molar-refractivity contribution in [2.24, 2.45) is 11.8 Å². The Bertz CT molecular complexity index is 1430. The van der Waals surface area contributed by atoms with Crippen LogP contribution in [0, 0.1) is 22.0 Å². The summed E-state index contributed by atoms with van der Waals surface area (Å²) in [6, 6.07) is 20.0. The van der Waals surface area contributed by atoms with E-state index in [1.165, 1.54) is 31.2 Å². The number of ketones is 1. The summed E-state index contributed by atoms with van der Waals surface area (Å²) in [6.07, 6.45) is 0.901. The first-order valence-corrected chi connectivity index (χ1v) is 13.3. The molecule has 0 aromatic heterocycles. The van der Waals surface area contributed by atoms with Crippen molar-refractivity contribution in [1.82, 2.24) is 0 Å². The van der Waals surface area contributed by atoms with Gasteiger partial charge in [0.2, 0.25) is 11.8 Å². The molecule has 0 spiro atoms. The van der Waals surface area contributed by atoms with Crippen LogP contribution < -0.4 is 10.6 Å². The minimum atomic E-state index is -1.78. The van der Waals surface area contributed by atoms with Gasteiger partial charge in [-0.3, -0.25) is 24.5 Å². The zero-order valence-corrected chi connectivity index (χ0v) is 22.7. The molecule has 0 aliphatic heterocycles. The predicted octanol–water partition coefficient (Wildman–Crippen LogP) is 5.04. The van der Waals surface area contributed by atoms with E-state index in [9.17, 15) is 29.6 Å². The number of carbonyl (C=O) groups is 3. The minimum Gasteiger partial charge on any atom is -0.389 e. The second-order valence-corrected chi connectivity index (χ2v) is 10.3. The molecule has 1 fully saturated rings. The lowest BCUT2D eigenvalue weighted by Gasteiger charge is -2.44. The molecule has 208 valence electrons. The number of rotatable bonds is 8. The number of carbonyl (C=O) groups excluding carboxylic acids is 3. The molecule has 9 nitrogen and oxygen atoms in total. The number of nitrogens with zero attached hydrogens (tertiary/aromatic N) is 1. The van der Waals surface area contributed by atoms with E-state index < -0.39 is 52.3 Å². The molecule has 40 heavy (non-hydrogen) atoms. The van der Waals surface area contributed by atoms with Crippen LogP contribution in [0.15, 0.2) is 72.8 Å². The summed E-state index contributed by atoms with van der Waals surface area (Å²) < 4.78 is 0. The van der Waals surface area contributed by atoms with Crippen LogP contribution in [0.1, 0.15) is 49.8 Å². The third-order valence-corrected chi connectivity index (χ3v) is 7.63. The van der Waals surface area contributed by atoms with Gasteiger partial charge in [0.1, 0.15) is 11.7 Å². The topological polar surface area (TPSA) is 139 Å². The van der Waals surface area contributed by atoms with Gasteiger partial charge in [-0.1, -0.05) is 62.4 Å². The fraction of sp³-hybridized carbons (Fsp3) is 0.323. The highest BCUT2D eigenvalue weighted by Gasteiger charge is 2.56. The Balaban J connectivity index is 1.80. The molecule has 9 heteroatoms. The number of nitro benzene ring substituents is 1. The fourth-order valence-electron chi connectivity index (χ4n) is 5.63. The highest BCUT2D eigenvalue weighted by molar-refractivity contribution is 6.10. The number of Topliss-reactive ketones (excluding diaryl/α,β-unsaturated/α-hetero) is 1. The Morgan fingerprint density at radius 2 is 1.40 bits per heavy atom. The van der Waals surface area contributed by atoms with Gasteiger partial charge in [-0.05, 0) is 48.6 Å². The summed E-state index contributed by atoms with van der Waals surface area (Å²) in [5.74, 6) is -5.28. The number of benzene rings is 3. The lowest BCUT2D eigenvalue weighted by Crippen LogP contribution is -2.56. The van der Waals surface area contributed by atoms with E-state index in [0.717, 1.165) is 11.1 Å². The first-order valence-electron chi connectivity index (χ1n) is 13.3. The Labute approximate surface area is 232 Å². The molecule has 4 unspecified atom stereocenters. The molecule has 0 heterocycles. The highest BCUT2D eigenvalue weighted by Crippen LogP contribution is 2.47. The number of hydrogen-bond donors (Lipinski definition) is 3. The molecule has 3 N–H and O–H groups in total. The van der Waals surface area contributed by atoms with E-state index in [1.54, 1.807) is 24.3 Å². The van der Waals surface area contributed by atoms with Crippen molar-refractivity contribution in [2.45, 2.75) is 51.6 Å². The minimum absolute atomic E-state index is 0.173. The SMILES string of the molecule is CCc1ccccc1NC(=O)C1C(=O)CC(C)(O)C(C(=O)Nc2ccccc2CC)C1c1ccc([N+](=O)[O-])cc1. The standard InChI is InChI=1S/C31H33N3O6/c1-4-19-10-6-8-12-23(19)32-29(36)27-25(35)18-31(3,38)28(26(27)21-14-16-22(17-15-21)34(39)40)30(37)33-24-13-9-7-11-20(24)5-2/h6-17,26-28,38H,4-5,18H2,1-3H3,(H,32,36)(H,33,37). The Hall–Kier alpha value is -4.37. The number of hydrogen-bond acceptors (Lipinski definition) is 6. The summed E-state index contributed by atoms with van der Waals surface area (Å²) in [7, 11) is 0. The number of nitrogens with one attached hydrogen (secondary N) is 2. The average Bonchev–Trinajstić information content (AvgIpc) is 2.92. The van der Waals surface area contributed by atoms with E-state index in [0.29, 0.717) is 29.8 Å². The van der Waals surface area contributed by atoms with Crippen molar-refractivity contribution in [1.29, 1.82) is 0 Å². The molecule has 3 aromatic carbocycles. The zero-order chi connectivity index (χ0) is 29.0. The lowest BCUT2D eigenvalue weighted by molar-refractivity contribution is -0.384. The van der Waals surface area contributed by atoms with Gasteiger partial charge in [-0.2, -0.15) is 0 Å². The molecule has 4 atom stereocenters. The van der Waals surface area contributed by atoms with Crippen LogP contribution in [-0.2, 0) is 27.2 Å². The van der Waals surface area contributed by atoms with Crippen molar-refractivity contribution in [3.05, 3.63) is 99.6 Å². The maximum absolute atomic E-state index is 13.9. The van der Waals surface area contributed by atoms with Crippen LogP contribution in [0.3, 0.4) is 0 Å². The maximum Gasteiger partial charge on any atom is 0.269 e. The first kappa shape index (κ1) is 28.6. The molecule has 3 aromatic rings. The van der Waals surface area contributed by atoms with Crippen LogP contribution in [0.25, 0.3) is 0 Å². The lowest BCUT2D eigenvalue weighted by atomic mass is 9.61. The summed E-state index contributed by atoms with van der Waals surface area (Å²) >= 11 is 0. The van der Waals surface area contributed by atoms with Gasteiger partial charge in [-0.25, -0.2) is 0 Å².